The molecular formula is C16H17FN2O3S. The second kappa shape index (κ2) is 6.35. The van der Waals surface area contributed by atoms with Gasteiger partial charge in [0.25, 0.3) is 0 Å². The van der Waals surface area contributed by atoms with Gasteiger partial charge in [-0.3, -0.25) is 4.98 Å². The fraction of sp³-hybridized carbons (Fsp3) is 0.312. The van der Waals surface area contributed by atoms with Crippen LogP contribution in [0.4, 0.5) is 4.39 Å². The number of aliphatic hydroxyl groups excluding tert-OH is 1. The van der Waals surface area contributed by atoms with Crippen molar-refractivity contribution in [3.05, 3.63) is 59.7 Å². The van der Waals surface area contributed by atoms with Crippen LogP contribution in [0.25, 0.3) is 0 Å². The van der Waals surface area contributed by atoms with E-state index in [1.165, 1.54) is 4.31 Å². The average molecular weight is 336 g/mol. The summed E-state index contributed by atoms with van der Waals surface area (Å²) >= 11 is 0. The number of nitrogens with zero attached hydrogens (tertiary/aromatic N) is 2. The first kappa shape index (κ1) is 16.0. The molecule has 0 fully saturated rings. The number of hydrogen-bond acceptors (Lipinski definition) is 4. The standard InChI is InChI=1S/C16H17FN2O3S/c17-13-9-14(11-18-10-13)23(21,22)19(7-8-20)16-6-5-12-3-1-2-4-15(12)16/h1-4,9-11,16,20H,5-8H2/t16-/m1/s1. The molecule has 1 aromatic carbocycles. The number of rotatable bonds is 5. The Balaban J connectivity index is 2.03. The Morgan fingerprint density at radius 2 is 2.09 bits per heavy atom. The molecule has 3 rings (SSSR count). The van der Waals surface area contributed by atoms with Crippen LogP contribution < -0.4 is 0 Å². The molecule has 23 heavy (non-hydrogen) atoms. The zero-order valence-corrected chi connectivity index (χ0v) is 13.2. The maximum Gasteiger partial charge on any atom is 0.245 e. The van der Waals surface area contributed by atoms with E-state index in [9.17, 15) is 17.9 Å². The van der Waals surface area contributed by atoms with Gasteiger partial charge in [-0.25, -0.2) is 12.8 Å². The molecule has 7 heteroatoms. The lowest BCUT2D eigenvalue weighted by Crippen LogP contribution is -2.36. The van der Waals surface area contributed by atoms with Gasteiger partial charge in [0, 0.05) is 12.7 Å². The van der Waals surface area contributed by atoms with Crippen molar-refractivity contribution < 1.29 is 17.9 Å². The molecule has 1 aromatic heterocycles. The van der Waals surface area contributed by atoms with Crippen LogP contribution in [0.3, 0.4) is 0 Å². The molecule has 0 spiro atoms. The number of benzene rings is 1. The molecule has 0 radical (unpaired) electrons. The molecule has 0 aliphatic heterocycles. The summed E-state index contributed by atoms with van der Waals surface area (Å²) < 4.78 is 40.4. The first-order chi connectivity index (χ1) is 11.0. The fourth-order valence-corrected chi connectivity index (χ4v) is 4.65. The molecule has 0 unspecified atom stereocenters. The van der Waals surface area contributed by atoms with Gasteiger partial charge in [-0.15, -0.1) is 0 Å². The Hall–Kier alpha value is -1.83. The highest BCUT2D eigenvalue weighted by atomic mass is 32.2. The van der Waals surface area contributed by atoms with Gasteiger partial charge in [-0.2, -0.15) is 4.31 Å². The van der Waals surface area contributed by atoms with Crippen molar-refractivity contribution in [1.82, 2.24) is 9.29 Å². The second-order valence-electron chi connectivity index (χ2n) is 5.43. The molecule has 0 amide bonds. The van der Waals surface area contributed by atoms with E-state index in [-0.39, 0.29) is 24.1 Å². The van der Waals surface area contributed by atoms with E-state index in [4.69, 9.17) is 0 Å². The van der Waals surface area contributed by atoms with E-state index < -0.39 is 15.8 Å². The highest BCUT2D eigenvalue weighted by Gasteiger charge is 2.36. The Kier molecular flexibility index (Phi) is 4.43. The summed E-state index contributed by atoms with van der Waals surface area (Å²) in [7, 11) is -3.94. The fourth-order valence-electron chi connectivity index (χ4n) is 3.04. The normalized spacial score (nSPS) is 17.4. The third kappa shape index (κ3) is 2.99. The van der Waals surface area contributed by atoms with Gasteiger partial charge in [0.05, 0.1) is 18.8 Å². The predicted molar refractivity (Wildman–Crippen MR) is 82.7 cm³/mol. The van der Waals surface area contributed by atoms with E-state index in [0.717, 1.165) is 36.0 Å². The van der Waals surface area contributed by atoms with E-state index >= 15 is 0 Å². The molecule has 1 heterocycles. The molecule has 0 bridgehead atoms. The summed E-state index contributed by atoms with van der Waals surface area (Å²) in [6, 6.07) is 8.26. The lowest BCUT2D eigenvalue weighted by Gasteiger charge is -2.28. The van der Waals surface area contributed by atoms with E-state index in [1.54, 1.807) is 0 Å². The van der Waals surface area contributed by atoms with Gasteiger partial charge < -0.3 is 5.11 Å². The first-order valence-electron chi connectivity index (χ1n) is 7.35. The van der Waals surface area contributed by atoms with E-state index in [1.807, 2.05) is 24.3 Å². The largest absolute Gasteiger partial charge is 0.395 e. The number of pyridine rings is 1. The molecule has 2 aromatic rings. The van der Waals surface area contributed by atoms with Crippen LogP contribution in [0.1, 0.15) is 23.6 Å². The van der Waals surface area contributed by atoms with Crippen LogP contribution in [-0.4, -0.2) is 36.0 Å². The zero-order valence-electron chi connectivity index (χ0n) is 12.4. The lowest BCUT2D eigenvalue weighted by atomic mass is 10.1. The molecule has 1 atom stereocenters. The zero-order chi connectivity index (χ0) is 16.4. The number of hydrogen-bond donors (Lipinski definition) is 1. The van der Waals surface area contributed by atoms with E-state index in [2.05, 4.69) is 4.98 Å². The van der Waals surface area contributed by atoms with Crippen molar-refractivity contribution in [2.75, 3.05) is 13.2 Å². The monoisotopic (exact) mass is 336 g/mol. The number of fused-ring (bicyclic) bond motifs is 1. The maximum atomic E-state index is 13.4. The Morgan fingerprint density at radius 1 is 1.30 bits per heavy atom. The van der Waals surface area contributed by atoms with Crippen molar-refractivity contribution in [3.63, 3.8) is 0 Å². The number of sulfonamides is 1. The summed E-state index contributed by atoms with van der Waals surface area (Å²) in [6.45, 7) is -0.349. The van der Waals surface area contributed by atoms with Crippen LogP contribution >= 0.6 is 0 Å². The third-order valence-corrected chi connectivity index (χ3v) is 5.93. The van der Waals surface area contributed by atoms with Crippen molar-refractivity contribution >= 4 is 10.0 Å². The summed E-state index contributed by atoms with van der Waals surface area (Å²) in [4.78, 5) is 3.42. The Morgan fingerprint density at radius 3 is 2.83 bits per heavy atom. The van der Waals surface area contributed by atoms with Gasteiger partial charge in [0.2, 0.25) is 10.0 Å². The minimum Gasteiger partial charge on any atom is -0.395 e. The van der Waals surface area contributed by atoms with Crippen molar-refractivity contribution in [2.45, 2.75) is 23.8 Å². The summed E-state index contributed by atoms with van der Waals surface area (Å²) in [6.07, 6.45) is 3.50. The Bertz CT molecular complexity index is 810. The van der Waals surface area contributed by atoms with Crippen LogP contribution in [0.15, 0.2) is 47.6 Å². The number of halogens is 1. The van der Waals surface area contributed by atoms with Gasteiger partial charge >= 0.3 is 0 Å². The van der Waals surface area contributed by atoms with Crippen LogP contribution in [-0.2, 0) is 16.4 Å². The molecule has 1 N–H and O–H groups in total. The molecule has 5 nitrogen and oxygen atoms in total. The second-order valence-corrected chi connectivity index (χ2v) is 7.32. The molecule has 0 saturated heterocycles. The quantitative estimate of drug-likeness (QED) is 0.905. The average Bonchev–Trinajstić information content (AvgIpc) is 2.96. The third-order valence-electron chi connectivity index (χ3n) is 4.06. The molecule has 1 aliphatic rings. The topological polar surface area (TPSA) is 70.5 Å². The van der Waals surface area contributed by atoms with Gasteiger partial charge in [0.15, 0.2) is 0 Å². The first-order valence-corrected chi connectivity index (χ1v) is 8.79. The summed E-state index contributed by atoms with van der Waals surface area (Å²) in [5.41, 5.74) is 2.04. The summed E-state index contributed by atoms with van der Waals surface area (Å²) in [5.74, 6) is -0.707. The maximum absolute atomic E-state index is 13.4. The number of aryl methyl sites for hydroxylation is 1. The van der Waals surface area contributed by atoms with Crippen molar-refractivity contribution in [2.24, 2.45) is 0 Å². The molecule has 0 saturated carbocycles. The van der Waals surface area contributed by atoms with Gasteiger partial charge in [0.1, 0.15) is 10.7 Å². The molecule has 122 valence electrons. The highest BCUT2D eigenvalue weighted by molar-refractivity contribution is 7.89. The van der Waals surface area contributed by atoms with Crippen LogP contribution in [0, 0.1) is 5.82 Å². The smallest absolute Gasteiger partial charge is 0.245 e. The van der Waals surface area contributed by atoms with Gasteiger partial charge in [-0.05, 0) is 30.0 Å². The highest BCUT2D eigenvalue weighted by Crippen LogP contribution is 2.38. The van der Waals surface area contributed by atoms with Crippen LogP contribution in [0.5, 0.6) is 0 Å². The van der Waals surface area contributed by atoms with Crippen molar-refractivity contribution in [3.8, 4) is 0 Å². The van der Waals surface area contributed by atoms with E-state index in [0.29, 0.717) is 6.42 Å². The molecule has 1 aliphatic carbocycles. The van der Waals surface area contributed by atoms with Crippen LogP contribution in [0.2, 0.25) is 0 Å². The van der Waals surface area contributed by atoms with Crippen molar-refractivity contribution in [1.29, 1.82) is 0 Å². The lowest BCUT2D eigenvalue weighted by molar-refractivity contribution is 0.225. The van der Waals surface area contributed by atoms with Gasteiger partial charge in [-0.1, -0.05) is 24.3 Å². The minimum atomic E-state index is -3.94. The predicted octanol–water partition coefficient (Wildman–Crippen LogP) is 1.89. The molecular weight excluding hydrogens is 319 g/mol. The SMILES string of the molecule is O=S(=O)(c1cncc(F)c1)N(CCO)[C@@H]1CCc2ccccc21. The summed E-state index contributed by atoms with van der Waals surface area (Å²) in [5, 5.41) is 9.31. The number of aliphatic hydroxyl groups is 1. The minimum absolute atomic E-state index is 0.0438. The number of aromatic nitrogens is 1. The Labute approximate surface area is 134 Å².